The summed E-state index contributed by atoms with van der Waals surface area (Å²) in [7, 11) is -0.0651. The molecule has 142 valence electrons. The van der Waals surface area contributed by atoms with E-state index in [0.29, 0.717) is 6.61 Å². The maximum atomic E-state index is 6.01. The number of fused-ring (bicyclic) bond motifs is 2. The molecule has 0 amide bonds. The fourth-order valence-corrected chi connectivity index (χ4v) is 6.44. The van der Waals surface area contributed by atoms with Crippen LogP contribution in [0.2, 0.25) is 0 Å². The van der Waals surface area contributed by atoms with Crippen molar-refractivity contribution in [3.63, 3.8) is 0 Å². The van der Waals surface area contributed by atoms with Gasteiger partial charge in [0.2, 0.25) is 0 Å². The van der Waals surface area contributed by atoms with E-state index >= 15 is 0 Å². The zero-order chi connectivity index (χ0) is 19.6. The molecule has 0 N–H and O–H groups in total. The van der Waals surface area contributed by atoms with Crippen LogP contribution in [-0.4, -0.2) is 0 Å². The number of rotatable bonds is 4. The van der Waals surface area contributed by atoms with Crippen molar-refractivity contribution in [3.05, 3.63) is 117 Å². The molecule has 0 radical (unpaired) electrons. The maximum absolute atomic E-state index is 6.01. The Morgan fingerprint density at radius 2 is 1.28 bits per heavy atom. The van der Waals surface area contributed by atoms with Gasteiger partial charge in [0.15, 0.2) is 14.7 Å². The second-order valence-electron chi connectivity index (χ2n) is 7.08. The molecule has 0 aromatic heterocycles. The Hall–Kier alpha value is -2.24. The van der Waals surface area contributed by atoms with Gasteiger partial charge in [-0.3, -0.25) is 0 Å². The molecular formula is C26H20IOS+. The van der Waals surface area contributed by atoms with Crippen LogP contribution >= 0.6 is 22.6 Å². The van der Waals surface area contributed by atoms with E-state index < -0.39 is 0 Å². The molecule has 4 aromatic carbocycles. The lowest BCUT2D eigenvalue weighted by Gasteiger charge is -2.19. The second-order valence-corrected chi connectivity index (χ2v) is 10.3. The Morgan fingerprint density at radius 3 is 1.90 bits per heavy atom. The third-order valence-electron chi connectivity index (χ3n) is 5.14. The van der Waals surface area contributed by atoms with Gasteiger partial charge in [0.25, 0.3) is 0 Å². The summed E-state index contributed by atoms with van der Waals surface area (Å²) in [6.07, 6.45) is 1.02. The molecule has 0 aliphatic carbocycles. The van der Waals surface area contributed by atoms with E-state index in [0.717, 1.165) is 12.2 Å². The Labute approximate surface area is 188 Å². The van der Waals surface area contributed by atoms with Gasteiger partial charge in [-0.1, -0.05) is 48.5 Å². The van der Waals surface area contributed by atoms with E-state index in [2.05, 4.69) is 120 Å². The lowest BCUT2D eigenvalue weighted by atomic mass is 10.0. The average molecular weight is 507 g/mol. The van der Waals surface area contributed by atoms with Gasteiger partial charge in [0.1, 0.15) is 12.4 Å². The smallest absolute Gasteiger partial charge is 0.170 e. The van der Waals surface area contributed by atoms with Crippen molar-refractivity contribution >= 4 is 33.5 Å². The second kappa shape index (κ2) is 8.25. The van der Waals surface area contributed by atoms with Crippen molar-refractivity contribution in [2.45, 2.75) is 27.7 Å². The van der Waals surface area contributed by atoms with Gasteiger partial charge >= 0.3 is 0 Å². The number of ether oxygens (including phenoxy) is 1. The summed E-state index contributed by atoms with van der Waals surface area (Å²) in [4.78, 5) is 4.23. The first-order valence-electron chi connectivity index (χ1n) is 9.65. The van der Waals surface area contributed by atoms with Crippen molar-refractivity contribution < 1.29 is 4.74 Å². The fraction of sp³-hybridized carbons (Fsp3) is 0.0769. The van der Waals surface area contributed by atoms with E-state index in [1.807, 2.05) is 0 Å². The lowest BCUT2D eigenvalue weighted by molar-refractivity contribution is 0.306. The summed E-state index contributed by atoms with van der Waals surface area (Å²) in [5.74, 6) is 0.912. The summed E-state index contributed by atoms with van der Waals surface area (Å²) in [6.45, 7) is 0.591. The molecule has 1 aliphatic rings. The molecule has 0 atom stereocenters. The Balaban J connectivity index is 1.42. The highest BCUT2D eigenvalue weighted by atomic mass is 127. The van der Waals surface area contributed by atoms with Crippen molar-refractivity contribution in [2.75, 3.05) is 0 Å². The van der Waals surface area contributed by atoms with Gasteiger partial charge in [0, 0.05) is 21.1 Å². The molecule has 0 unspecified atom stereocenters. The van der Waals surface area contributed by atoms with E-state index in [1.165, 1.54) is 34.9 Å². The molecule has 0 fully saturated rings. The Kier molecular flexibility index (Phi) is 5.34. The van der Waals surface area contributed by atoms with Crippen molar-refractivity contribution in [1.29, 1.82) is 0 Å². The third kappa shape index (κ3) is 3.94. The standard InChI is InChI=1S/C26H20IOS/c27-22-11-9-19(10-12-22)18-28-23-13-15-24(16-14-23)29-25-7-3-1-5-20(25)17-21-6-2-4-8-26(21)29/h1-16H,17-18H2/q+1. The minimum absolute atomic E-state index is 0.0651. The summed E-state index contributed by atoms with van der Waals surface area (Å²) in [6, 6.07) is 34.9. The molecule has 29 heavy (non-hydrogen) atoms. The topological polar surface area (TPSA) is 9.23 Å². The molecular weight excluding hydrogens is 487 g/mol. The number of halogens is 1. The Bertz CT molecular complexity index is 1090. The molecule has 0 saturated heterocycles. The fourth-order valence-electron chi connectivity index (χ4n) is 3.69. The molecule has 4 aromatic rings. The lowest BCUT2D eigenvalue weighted by Crippen LogP contribution is -2.15. The van der Waals surface area contributed by atoms with Crippen LogP contribution in [0.5, 0.6) is 5.75 Å². The Morgan fingerprint density at radius 1 is 0.690 bits per heavy atom. The minimum atomic E-state index is -0.0651. The number of hydrogen-bond donors (Lipinski definition) is 0. The minimum Gasteiger partial charge on any atom is -0.489 e. The average Bonchev–Trinajstić information content (AvgIpc) is 2.77. The maximum Gasteiger partial charge on any atom is 0.170 e. The van der Waals surface area contributed by atoms with Gasteiger partial charge in [0.05, 0.1) is 10.9 Å². The number of hydrogen-bond acceptors (Lipinski definition) is 1. The highest BCUT2D eigenvalue weighted by Gasteiger charge is 2.36. The molecule has 0 spiro atoms. The first-order chi connectivity index (χ1) is 14.3. The quantitative estimate of drug-likeness (QED) is 0.191. The van der Waals surface area contributed by atoms with Crippen LogP contribution in [0, 0.1) is 3.57 Å². The van der Waals surface area contributed by atoms with Crippen LogP contribution in [0.1, 0.15) is 16.7 Å². The summed E-state index contributed by atoms with van der Waals surface area (Å²) >= 11 is 2.32. The van der Waals surface area contributed by atoms with Gasteiger partial charge in [-0.05, 0) is 76.7 Å². The summed E-state index contributed by atoms with van der Waals surface area (Å²) in [5, 5.41) is 0. The zero-order valence-corrected chi connectivity index (χ0v) is 18.8. The van der Waals surface area contributed by atoms with Crippen LogP contribution in [0.3, 0.4) is 0 Å². The predicted molar refractivity (Wildman–Crippen MR) is 128 cm³/mol. The molecule has 1 aliphatic heterocycles. The molecule has 5 rings (SSSR count). The largest absolute Gasteiger partial charge is 0.489 e. The summed E-state index contributed by atoms with van der Waals surface area (Å²) < 4.78 is 7.25. The first kappa shape index (κ1) is 18.8. The highest BCUT2D eigenvalue weighted by Crippen LogP contribution is 2.40. The van der Waals surface area contributed by atoms with Crippen LogP contribution in [0.4, 0.5) is 0 Å². The number of benzene rings is 4. The highest BCUT2D eigenvalue weighted by molar-refractivity contribution is 14.1. The summed E-state index contributed by atoms with van der Waals surface area (Å²) in [5.41, 5.74) is 4.06. The van der Waals surface area contributed by atoms with Gasteiger partial charge in [-0.25, -0.2) is 0 Å². The zero-order valence-electron chi connectivity index (χ0n) is 15.8. The van der Waals surface area contributed by atoms with E-state index in [-0.39, 0.29) is 10.9 Å². The SMILES string of the molecule is Ic1ccc(COc2ccc([S+]3c4ccccc4Cc4ccccc43)cc2)cc1. The predicted octanol–water partition coefficient (Wildman–Crippen LogP) is 6.87. The molecule has 0 bridgehead atoms. The van der Waals surface area contributed by atoms with E-state index in [1.54, 1.807) is 0 Å². The first-order valence-corrected chi connectivity index (χ1v) is 12.0. The van der Waals surface area contributed by atoms with Crippen LogP contribution in [0.25, 0.3) is 0 Å². The van der Waals surface area contributed by atoms with Gasteiger partial charge in [-0.2, -0.15) is 0 Å². The van der Waals surface area contributed by atoms with Gasteiger partial charge < -0.3 is 4.74 Å². The van der Waals surface area contributed by atoms with E-state index in [9.17, 15) is 0 Å². The van der Waals surface area contributed by atoms with Crippen LogP contribution in [-0.2, 0) is 23.9 Å². The van der Waals surface area contributed by atoms with Crippen LogP contribution < -0.4 is 4.74 Å². The van der Waals surface area contributed by atoms with Crippen LogP contribution in [0.15, 0.2) is 112 Å². The van der Waals surface area contributed by atoms with Crippen molar-refractivity contribution in [1.82, 2.24) is 0 Å². The van der Waals surface area contributed by atoms with E-state index in [4.69, 9.17) is 4.74 Å². The monoisotopic (exact) mass is 507 g/mol. The molecule has 3 heteroatoms. The normalized spacial score (nSPS) is 12.9. The van der Waals surface area contributed by atoms with Gasteiger partial charge in [-0.15, -0.1) is 0 Å². The molecule has 0 saturated carbocycles. The molecule has 1 nitrogen and oxygen atoms in total. The molecule has 1 heterocycles. The van der Waals surface area contributed by atoms with Crippen molar-refractivity contribution in [2.24, 2.45) is 0 Å². The van der Waals surface area contributed by atoms with Crippen molar-refractivity contribution in [3.8, 4) is 5.75 Å². The third-order valence-corrected chi connectivity index (χ3v) is 8.28.